The molecular formula is C11H13ClN2OS. The Bertz CT molecular complexity index is 407. The molecule has 0 fully saturated rings. The van der Waals surface area contributed by atoms with Crippen LogP contribution in [0.15, 0.2) is 18.3 Å². The summed E-state index contributed by atoms with van der Waals surface area (Å²) in [5.41, 5.74) is 6.98. The van der Waals surface area contributed by atoms with Crippen LogP contribution in [-0.4, -0.2) is 15.9 Å². The molecule has 86 valence electrons. The summed E-state index contributed by atoms with van der Waals surface area (Å²) in [5.74, 6) is 0.777. The summed E-state index contributed by atoms with van der Waals surface area (Å²) in [6, 6.07) is 1.77. The first-order valence-corrected chi connectivity index (χ1v) is 6.17. The minimum atomic E-state index is 0.136. The lowest BCUT2D eigenvalue weighted by atomic mass is 10.2. The van der Waals surface area contributed by atoms with Crippen LogP contribution in [0, 0.1) is 0 Å². The van der Waals surface area contributed by atoms with Crippen molar-refractivity contribution in [2.24, 2.45) is 0 Å². The molecule has 0 spiro atoms. The fourth-order valence-corrected chi connectivity index (χ4v) is 1.79. The molecule has 0 bridgehead atoms. The molecule has 0 saturated carbocycles. The predicted molar refractivity (Wildman–Crippen MR) is 70.4 cm³/mol. The van der Waals surface area contributed by atoms with Gasteiger partial charge in [0.15, 0.2) is 5.12 Å². The Kier molecular flexibility index (Phi) is 5.35. The second kappa shape index (κ2) is 6.55. The van der Waals surface area contributed by atoms with Crippen molar-refractivity contribution in [3.63, 3.8) is 0 Å². The van der Waals surface area contributed by atoms with Crippen LogP contribution < -0.4 is 5.73 Å². The largest absolute Gasteiger partial charge is 0.397 e. The van der Waals surface area contributed by atoms with Gasteiger partial charge in [0.05, 0.1) is 11.9 Å². The molecule has 1 aromatic rings. The van der Waals surface area contributed by atoms with Crippen LogP contribution in [0.1, 0.15) is 18.9 Å². The number of aromatic nitrogens is 1. The van der Waals surface area contributed by atoms with Crippen molar-refractivity contribution in [3.05, 3.63) is 29.1 Å². The number of rotatable bonds is 4. The quantitative estimate of drug-likeness (QED) is 0.665. The highest BCUT2D eigenvalue weighted by Crippen LogP contribution is 2.17. The summed E-state index contributed by atoms with van der Waals surface area (Å²) in [6.07, 6.45) is 6.16. The van der Waals surface area contributed by atoms with Gasteiger partial charge in [0, 0.05) is 18.2 Å². The van der Waals surface area contributed by atoms with Gasteiger partial charge in [-0.1, -0.05) is 35.5 Å². The van der Waals surface area contributed by atoms with E-state index in [1.54, 1.807) is 13.0 Å². The summed E-state index contributed by atoms with van der Waals surface area (Å²) in [4.78, 5) is 14.6. The van der Waals surface area contributed by atoms with Crippen molar-refractivity contribution in [2.75, 3.05) is 11.5 Å². The molecule has 1 heterocycles. The molecule has 1 aromatic heterocycles. The second-order valence-corrected chi connectivity index (χ2v) is 4.81. The lowest BCUT2D eigenvalue weighted by molar-refractivity contribution is -0.109. The number of carbonyl (C=O) groups excluding carboxylic acids is 1. The zero-order valence-corrected chi connectivity index (χ0v) is 10.5. The third kappa shape index (κ3) is 4.68. The topological polar surface area (TPSA) is 56.0 Å². The first-order valence-electron chi connectivity index (χ1n) is 4.80. The SMILES string of the molecule is CC(=O)SCCC=Cc1cc(N)cnc1Cl. The number of halogens is 1. The smallest absolute Gasteiger partial charge is 0.185 e. The molecule has 3 nitrogen and oxygen atoms in total. The molecule has 0 aliphatic rings. The second-order valence-electron chi connectivity index (χ2n) is 3.18. The van der Waals surface area contributed by atoms with E-state index in [4.69, 9.17) is 17.3 Å². The maximum absolute atomic E-state index is 10.7. The Morgan fingerprint density at radius 3 is 3.12 bits per heavy atom. The molecular weight excluding hydrogens is 244 g/mol. The number of nitrogen functional groups attached to an aromatic ring is 1. The molecule has 16 heavy (non-hydrogen) atoms. The minimum Gasteiger partial charge on any atom is -0.397 e. The Labute approximate surface area is 104 Å². The van der Waals surface area contributed by atoms with Gasteiger partial charge in [0.1, 0.15) is 5.15 Å². The minimum absolute atomic E-state index is 0.136. The van der Waals surface area contributed by atoms with Gasteiger partial charge in [0.25, 0.3) is 0 Å². The van der Waals surface area contributed by atoms with E-state index in [9.17, 15) is 4.79 Å². The molecule has 1 rings (SSSR count). The average Bonchev–Trinajstić information content (AvgIpc) is 2.22. The van der Waals surface area contributed by atoms with Crippen molar-refractivity contribution in [1.82, 2.24) is 4.98 Å². The Hall–Kier alpha value is -1.00. The fraction of sp³-hybridized carbons (Fsp3) is 0.273. The Balaban J connectivity index is 2.49. The van der Waals surface area contributed by atoms with Crippen molar-refractivity contribution in [1.29, 1.82) is 0 Å². The number of thioether (sulfide) groups is 1. The average molecular weight is 257 g/mol. The molecule has 5 heteroatoms. The van der Waals surface area contributed by atoms with Gasteiger partial charge in [-0.3, -0.25) is 4.79 Å². The summed E-state index contributed by atoms with van der Waals surface area (Å²) in [6.45, 7) is 1.56. The normalized spacial score (nSPS) is 10.9. The van der Waals surface area contributed by atoms with Gasteiger partial charge < -0.3 is 5.73 Å². The Morgan fingerprint density at radius 2 is 2.44 bits per heavy atom. The molecule has 0 aromatic carbocycles. The molecule has 0 amide bonds. The van der Waals surface area contributed by atoms with Crippen LogP contribution in [0.2, 0.25) is 5.15 Å². The van der Waals surface area contributed by atoms with Crippen LogP contribution in [0.25, 0.3) is 6.08 Å². The van der Waals surface area contributed by atoms with Gasteiger partial charge in [-0.2, -0.15) is 0 Å². The highest BCUT2D eigenvalue weighted by molar-refractivity contribution is 8.13. The lowest BCUT2D eigenvalue weighted by Gasteiger charge is -1.98. The van der Waals surface area contributed by atoms with E-state index in [-0.39, 0.29) is 5.12 Å². The van der Waals surface area contributed by atoms with Gasteiger partial charge in [0.2, 0.25) is 0 Å². The summed E-state index contributed by atoms with van der Waals surface area (Å²) < 4.78 is 0. The van der Waals surface area contributed by atoms with Gasteiger partial charge in [-0.15, -0.1) is 0 Å². The summed E-state index contributed by atoms with van der Waals surface area (Å²) in [5, 5.41) is 0.571. The molecule has 0 atom stereocenters. The molecule has 0 unspecified atom stereocenters. The third-order valence-corrected chi connectivity index (χ3v) is 2.94. The number of anilines is 1. The van der Waals surface area contributed by atoms with E-state index in [1.807, 2.05) is 12.2 Å². The molecule has 2 N–H and O–H groups in total. The number of allylic oxidation sites excluding steroid dienone is 1. The number of hydrogen-bond acceptors (Lipinski definition) is 4. The zero-order chi connectivity index (χ0) is 12.0. The Morgan fingerprint density at radius 1 is 1.69 bits per heavy atom. The maximum atomic E-state index is 10.7. The summed E-state index contributed by atoms with van der Waals surface area (Å²) in [7, 11) is 0. The molecule has 0 radical (unpaired) electrons. The van der Waals surface area contributed by atoms with E-state index in [1.165, 1.54) is 18.0 Å². The van der Waals surface area contributed by atoms with Gasteiger partial charge in [-0.25, -0.2) is 4.98 Å². The van der Waals surface area contributed by atoms with Gasteiger partial charge in [-0.05, 0) is 12.5 Å². The van der Waals surface area contributed by atoms with E-state index < -0.39 is 0 Å². The van der Waals surface area contributed by atoms with Crippen LogP contribution >= 0.6 is 23.4 Å². The number of nitrogens with two attached hydrogens (primary N) is 1. The van der Waals surface area contributed by atoms with E-state index in [0.29, 0.717) is 10.8 Å². The van der Waals surface area contributed by atoms with Crippen molar-refractivity contribution >= 4 is 40.2 Å². The van der Waals surface area contributed by atoms with Crippen LogP contribution in [0.3, 0.4) is 0 Å². The number of pyridine rings is 1. The highest BCUT2D eigenvalue weighted by Gasteiger charge is 1.98. The first kappa shape index (κ1) is 13.1. The van der Waals surface area contributed by atoms with E-state index >= 15 is 0 Å². The third-order valence-electron chi connectivity index (χ3n) is 1.77. The molecule has 0 aliphatic carbocycles. The fourth-order valence-electron chi connectivity index (χ4n) is 1.08. The van der Waals surface area contributed by atoms with Crippen LogP contribution in [0.4, 0.5) is 5.69 Å². The number of nitrogens with zero attached hydrogens (tertiary/aromatic N) is 1. The van der Waals surface area contributed by atoms with E-state index in [0.717, 1.165) is 17.7 Å². The first-order chi connectivity index (χ1) is 7.59. The van der Waals surface area contributed by atoms with Crippen LogP contribution in [0.5, 0.6) is 0 Å². The van der Waals surface area contributed by atoms with Crippen molar-refractivity contribution < 1.29 is 4.79 Å². The number of carbonyl (C=O) groups is 1. The van der Waals surface area contributed by atoms with Crippen molar-refractivity contribution in [3.8, 4) is 0 Å². The standard InChI is InChI=1S/C11H13ClN2OS/c1-8(15)16-5-3-2-4-9-6-10(13)7-14-11(9)12/h2,4,6-7H,3,5,13H2,1H3. The van der Waals surface area contributed by atoms with Crippen LogP contribution in [-0.2, 0) is 4.79 Å². The highest BCUT2D eigenvalue weighted by atomic mass is 35.5. The van der Waals surface area contributed by atoms with Gasteiger partial charge >= 0.3 is 0 Å². The predicted octanol–water partition coefficient (Wildman–Crippen LogP) is 3.00. The molecule has 0 saturated heterocycles. The monoisotopic (exact) mass is 256 g/mol. The summed E-state index contributed by atoms with van der Waals surface area (Å²) >= 11 is 7.19. The van der Waals surface area contributed by atoms with Crippen molar-refractivity contribution in [2.45, 2.75) is 13.3 Å². The lowest BCUT2D eigenvalue weighted by Crippen LogP contribution is -1.89. The van der Waals surface area contributed by atoms with E-state index in [2.05, 4.69) is 4.98 Å². The molecule has 0 aliphatic heterocycles. The maximum Gasteiger partial charge on any atom is 0.185 e. The number of hydrogen-bond donors (Lipinski definition) is 1. The zero-order valence-electron chi connectivity index (χ0n) is 8.94.